The number of hydrogen-bond acceptors (Lipinski definition) is 10. The van der Waals surface area contributed by atoms with Gasteiger partial charge in [-0.15, -0.1) is 0 Å². The summed E-state index contributed by atoms with van der Waals surface area (Å²) in [5.74, 6) is -0.521. The second-order valence-corrected chi connectivity index (χ2v) is 8.08. The summed E-state index contributed by atoms with van der Waals surface area (Å²) in [6.07, 6.45) is 4.56. The predicted molar refractivity (Wildman–Crippen MR) is 91.1 cm³/mol. The van der Waals surface area contributed by atoms with Crippen molar-refractivity contribution in [3.8, 4) is 0 Å². The standard InChI is InChI=1S/C14H21N7O7S.Na/c22-13(18-27-8-9-5-11(6-15-9)21-16-3-4-17-21)12-2-1-10-7-19(12)14(23)20(10)28-29(24,25)26;/h3-4,9-12,15H,1-2,5-8H2,(H,18,22)(H,24,25,26);/q;+1/p-1/t9-,10-,11-,12+;/m1./s1. The Kier molecular flexibility index (Phi) is 7.34. The Morgan fingerprint density at radius 2 is 2.03 bits per heavy atom. The maximum atomic E-state index is 12.4. The van der Waals surface area contributed by atoms with Crippen LogP contribution in [0.15, 0.2) is 12.4 Å². The van der Waals surface area contributed by atoms with E-state index in [2.05, 4.69) is 25.3 Å². The Labute approximate surface area is 194 Å². The molecule has 30 heavy (non-hydrogen) atoms. The maximum absolute atomic E-state index is 12.4. The largest absolute Gasteiger partial charge is 1.00 e. The van der Waals surface area contributed by atoms with Crippen molar-refractivity contribution in [3.63, 3.8) is 0 Å². The molecule has 0 spiro atoms. The molecule has 2 N–H and O–H groups in total. The topological polar surface area (TPSA) is 171 Å². The van der Waals surface area contributed by atoms with Crippen molar-refractivity contribution >= 4 is 22.3 Å². The molecule has 4 rings (SSSR count). The minimum atomic E-state index is -5.08. The molecule has 160 valence electrons. The van der Waals surface area contributed by atoms with Gasteiger partial charge < -0.3 is 14.8 Å². The summed E-state index contributed by atoms with van der Waals surface area (Å²) in [7, 11) is -5.08. The Morgan fingerprint density at radius 1 is 1.30 bits per heavy atom. The molecule has 0 unspecified atom stereocenters. The smallest absolute Gasteiger partial charge is 0.724 e. The van der Waals surface area contributed by atoms with Gasteiger partial charge in [0.25, 0.3) is 5.91 Å². The number of carbonyl (C=O) groups excluding carboxylic acids is 2. The minimum absolute atomic E-state index is 0. The average molecular weight is 453 g/mol. The van der Waals surface area contributed by atoms with Gasteiger partial charge in [0.1, 0.15) is 6.04 Å². The van der Waals surface area contributed by atoms with Crippen molar-refractivity contribution in [2.24, 2.45) is 0 Å². The second-order valence-electron chi connectivity index (χ2n) is 7.11. The van der Waals surface area contributed by atoms with Crippen LogP contribution in [-0.4, -0.2) is 87.7 Å². The predicted octanol–water partition coefficient (Wildman–Crippen LogP) is -5.11. The van der Waals surface area contributed by atoms with Crippen LogP contribution >= 0.6 is 0 Å². The molecule has 0 saturated carbocycles. The van der Waals surface area contributed by atoms with Gasteiger partial charge in [-0.3, -0.25) is 9.63 Å². The van der Waals surface area contributed by atoms with E-state index in [0.717, 1.165) is 6.42 Å². The zero-order valence-corrected chi connectivity index (χ0v) is 19.0. The van der Waals surface area contributed by atoms with Crippen LogP contribution in [0.3, 0.4) is 0 Å². The fraction of sp³-hybridized carbons (Fsp3) is 0.714. The molecule has 3 saturated heterocycles. The fourth-order valence-electron chi connectivity index (χ4n) is 3.90. The number of rotatable bonds is 7. The Bertz CT molecular complexity index is 870. The SMILES string of the molecule is O=C(NOC[C@H]1C[C@@H](n2nccn2)CN1)[C@@H]1CC[C@@H]2CN1C(=O)N2OS(=O)(=O)[O-].[Na+]. The third-order valence-electron chi connectivity index (χ3n) is 5.22. The van der Waals surface area contributed by atoms with Crippen LogP contribution in [0.25, 0.3) is 0 Å². The fourth-order valence-corrected chi connectivity index (χ4v) is 4.28. The molecule has 2 bridgehead atoms. The summed E-state index contributed by atoms with van der Waals surface area (Å²) in [4.78, 5) is 32.8. The maximum Gasteiger partial charge on any atom is 1.00 e. The van der Waals surface area contributed by atoms with Crippen LogP contribution in [0.4, 0.5) is 4.79 Å². The summed E-state index contributed by atoms with van der Waals surface area (Å²) in [5.41, 5.74) is 2.35. The number of urea groups is 1. The Balaban J connectivity index is 0.00000256. The van der Waals surface area contributed by atoms with Crippen molar-refractivity contribution < 1.29 is 61.2 Å². The van der Waals surface area contributed by atoms with Crippen LogP contribution in [-0.2, 0) is 24.3 Å². The molecule has 14 nitrogen and oxygen atoms in total. The first-order valence-electron chi connectivity index (χ1n) is 9.08. The molecule has 4 heterocycles. The first-order valence-corrected chi connectivity index (χ1v) is 10.4. The van der Waals surface area contributed by atoms with Gasteiger partial charge in [0.15, 0.2) is 0 Å². The molecule has 0 radical (unpaired) electrons. The van der Waals surface area contributed by atoms with E-state index >= 15 is 0 Å². The third-order valence-corrected chi connectivity index (χ3v) is 5.56. The van der Waals surface area contributed by atoms with Crippen LogP contribution < -0.4 is 40.4 Å². The van der Waals surface area contributed by atoms with E-state index in [1.165, 1.54) is 4.90 Å². The number of hydroxylamine groups is 3. The third kappa shape index (κ3) is 5.11. The number of aromatic nitrogens is 3. The summed E-state index contributed by atoms with van der Waals surface area (Å²) in [5, 5.41) is 12.0. The molecule has 3 amide bonds. The molecule has 16 heteroatoms. The Morgan fingerprint density at radius 3 is 2.73 bits per heavy atom. The van der Waals surface area contributed by atoms with Crippen LogP contribution in [0.2, 0.25) is 0 Å². The summed E-state index contributed by atoms with van der Waals surface area (Å²) in [6, 6.07) is -2.15. The van der Waals surface area contributed by atoms with Crippen molar-refractivity contribution in [3.05, 3.63) is 12.4 Å². The number of hydrogen-bond donors (Lipinski definition) is 2. The van der Waals surface area contributed by atoms with E-state index in [1.54, 1.807) is 17.2 Å². The normalized spacial score (nSPS) is 28.5. The quantitative estimate of drug-likeness (QED) is 0.176. The van der Waals surface area contributed by atoms with Crippen molar-refractivity contribution in [2.75, 3.05) is 19.7 Å². The average Bonchev–Trinajstić information content (AvgIpc) is 3.39. The van der Waals surface area contributed by atoms with Crippen LogP contribution in [0, 0.1) is 0 Å². The monoisotopic (exact) mass is 453 g/mol. The van der Waals surface area contributed by atoms with Gasteiger partial charge in [-0.1, -0.05) is 0 Å². The number of carbonyl (C=O) groups is 2. The molecule has 0 aliphatic carbocycles. The molecule has 0 aromatic carbocycles. The second kappa shape index (κ2) is 9.44. The number of nitrogens with one attached hydrogen (secondary N) is 2. The molecule has 3 fully saturated rings. The first-order chi connectivity index (χ1) is 13.8. The van der Waals surface area contributed by atoms with Gasteiger partial charge in [0.05, 0.1) is 31.1 Å². The van der Waals surface area contributed by atoms with Gasteiger partial charge in [-0.25, -0.2) is 18.7 Å². The van der Waals surface area contributed by atoms with Crippen LogP contribution in [0.5, 0.6) is 0 Å². The van der Waals surface area contributed by atoms with E-state index in [1.807, 2.05) is 0 Å². The van der Waals surface area contributed by atoms with E-state index in [4.69, 9.17) is 4.84 Å². The Hall–Kier alpha value is -1.33. The zero-order chi connectivity index (χ0) is 20.6. The van der Waals surface area contributed by atoms with Crippen molar-refractivity contribution in [2.45, 2.75) is 43.4 Å². The molecule has 3 aliphatic heterocycles. The van der Waals surface area contributed by atoms with Gasteiger partial charge in [0.2, 0.25) is 10.4 Å². The molecular formula is C14H20N7NaO7S. The molecule has 3 aliphatic rings. The number of nitrogens with zero attached hydrogens (tertiary/aromatic N) is 5. The summed E-state index contributed by atoms with van der Waals surface area (Å²) >= 11 is 0. The first kappa shape index (κ1) is 23.3. The van der Waals surface area contributed by atoms with Gasteiger partial charge >= 0.3 is 35.6 Å². The number of piperidine rings is 1. The van der Waals surface area contributed by atoms with Gasteiger partial charge in [0, 0.05) is 19.1 Å². The van der Waals surface area contributed by atoms with E-state index in [-0.39, 0.29) is 54.8 Å². The minimum Gasteiger partial charge on any atom is -0.724 e. The zero-order valence-electron chi connectivity index (χ0n) is 16.2. The molecule has 1 aromatic heterocycles. The summed E-state index contributed by atoms with van der Waals surface area (Å²) in [6.45, 7) is 0.993. The number of fused-ring (bicyclic) bond motifs is 2. The molecular weight excluding hydrogens is 433 g/mol. The summed E-state index contributed by atoms with van der Waals surface area (Å²) < 4.78 is 36.6. The van der Waals surface area contributed by atoms with Gasteiger partial charge in [-0.2, -0.15) is 24.3 Å². The number of amides is 3. The molecule has 1 aromatic rings. The van der Waals surface area contributed by atoms with Crippen LogP contribution in [0.1, 0.15) is 25.3 Å². The van der Waals surface area contributed by atoms with Crippen molar-refractivity contribution in [1.82, 2.24) is 35.8 Å². The van der Waals surface area contributed by atoms with E-state index in [0.29, 0.717) is 24.4 Å². The van der Waals surface area contributed by atoms with Gasteiger partial charge in [-0.05, 0) is 19.3 Å². The molecule has 4 atom stereocenters. The van der Waals surface area contributed by atoms with Crippen molar-refractivity contribution in [1.29, 1.82) is 0 Å². The van der Waals surface area contributed by atoms with E-state index in [9.17, 15) is 22.6 Å². The van der Waals surface area contributed by atoms with E-state index < -0.39 is 34.4 Å².